The summed E-state index contributed by atoms with van der Waals surface area (Å²) in [6, 6.07) is 4.86. The van der Waals surface area contributed by atoms with Crippen molar-refractivity contribution in [1.29, 1.82) is 0 Å². The maximum atomic E-state index is 11.8. The zero-order chi connectivity index (χ0) is 17.4. The molecule has 0 radical (unpaired) electrons. The number of fused-ring (bicyclic) bond motifs is 3. The van der Waals surface area contributed by atoms with Gasteiger partial charge in [-0.1, -0.05) is 12.1 Å². The van der Waals surface area contributed by atoms with E-state index in [9.17, 15) is 14.4 Å². The minimum atomic E-state index is -0.747. The fourth-order valence-corrected chi connectivity index (χ4v) is 4.32. The molecule has 0 spiro atoms. The fraction of sp³-hybridized carbons (Fsp3) is 0.188. The van der Waals surface area contributed by atoms with Crippen LogP contribution < -0.4 is 22.1 Å². The second kappa shape index (κ2) is 5.97. The van der Waals surface area contributed by atoms with Crippen molar-refractivity contribution in [3.63, 3.8) is 0 Å². The van der Waals surface area contributed by atoms with Gasteiger partial charge in [0, 0.05) is 17.5 Å². The first-order valence-corrected chi connectivity index (χ1v) is 8.12. The SMILES string of the molecule is CC(=O)Nc1cccc2c1CCc1c-2sc(NC(N)=O)c1C(N)=O. The van der Waals surface area contributed by atoms with Crippen LogP contribution in [0.15, 0.2) is 18.2 Å². The highest BCUT2D eigenvalue weighted by Gasteiger charge is 2.28. The van der Waals surface area contributed by atoms with Gasteiger partial charge in [-0.3, -0.25) is 14.9 Å². The average Bonchev–Trinajstić information content (AvgIpc) is 2.84. The molecule has 1 aliphatic carbocycles. The smallest absolute Gasteiger partial charge is 0.317 e. The summed E-state index contributed by atoms with van der Waals surface area (Å²) in [5.74, 6) is -0.744. The number of urea groups is 1. The first-order chi connectivity index (χ1) is 11.4. The van der Waals surface area contributed by atoms with Gasteiger partial charge in [0.05, 0.1) is 5.56 Å². The molecule has 0 saturated carbocycles. The van der Waals surface area contributed by atoms with Crippen molar-refractivity contribution in [1.82, 2.24) is 0 Å². The Kier molecular flexibility index (Phi) is 3.98. The van der Waals surface area contributed by atoms with Gasteiger partial charge in [-0.2, -0.15) is 0 Å². The number of carbonyl (C=O) groups excluding carboxylic acids is 3. The van der Waals surface area contributed by atoms with Gasteiger partial charge in [0.1, 0.15) is 5.00 Å². The average molecular weight is 344 g/mol. The largest absolute Gasteiger partial charge is 0.365 e. The number of benzene rings is 1. The molecule has 1 aliphatic rings. The van der Waals surface area contributed by atoms with Crippen LogP contribution in [0.1, 0.15) is 28.4 Å². The number of thiophene rings is 1. The van der Waals surface area contributed by atoms with E-state index in [1.807, 2.05) is 18.2 Å². The van der Waals surface area contributed by atoms with Gasteiger partial charge in [-0.25, -0.2) is 4.79 Å². The summed E-state index contributed by atoms with van der Waals surface area (Å²) in [7, 11) is 0. The third kappa shape index (κ3) is 2.71. The lowest BCUT2D eigenvalue weighted by Gasteiger charge is -2.20. The number of anilines is 2. The first kappa shape index (κ1) is 16.0. The minimum absolute atomic E-state index is 0.144. The fourth-order valence-electron chi connectivity index (χ4n) is 3.01. The summed E-state index contributed by atoms with van der Waals surface area (Å²) in [6.45, 7) is 1.46. The van der Waals surface area contributed by atoms with Crippen molar-refractivity contribution >= 4 is 39.9 Å². The van der Waals surface area contributed by atoms with Crippen molar-refractivity contribution in [2.75, 3.05) is 10.6 Å². The second-order valence-corrected chi connectivity index (χ2v) is 6.50. The molecule has 0 unspecified atom stereocenters. The van der Waals surface area contributed by atoms with Gasteiger partial charge in [-0.05, 0) is 35.6 Å². The van der Waals surface area contributed by atoms with E-state index >= 15 is 0 Å². The highest BCUT2D eigenvalue weighted by Crippen LogP contribution is 2.46. The Labute approximate surface area is 142 Å². The van der Waals surface area contributed by atoms with Crippen molar-refractivity contribution < 1.29 is 14.4 Å². The molecule has 0 bridgehead atoms. The molecule has 124 valence electrons. The number of amides is 4. The number of primary amides is 2. The second-order valence-electron chi connectivity index (χ2n) is 5.48. The third-order valence-electron chi connectivity index (χ3n) is 3.85. The summed E-state index contributed by atoms with van der Waals surface area (Å²) in [5, 5.41) is 5.66. The number of rotatable bonds is 3. The Balaban J connectivity index is 2.17. The highest BCUT2D eigenvalue weighted by molar-refractivity contribution is 7.20. The molecule has 8 heteroatoms. The Morgan fingerprint density at radius 1 is 1.08 bits per heavy atom. The van der Waals surface area contributed by atoms with Gasteiger partial charge in [0.25, 0.3) is 5.91 Å². The Hall–Kier alpha value is -2.87. The maximum Gasteiger partial charge on any atom is 0.317 e. The van der Waals surface area contributed by atoms with E-state index in [0.717, 1.165) is 27.3 Å². The molecule has 0 atom stereocenters. The molecule has 24 heavy (non-hydrogen) atoms. The normalized spacial score (nSPS) is 12.0. The highest BCUT2D eigenvalue weighted by atomic mass is 32.1. The summed E-state index contributed by atoms with van der Waals surface area (Å²) in [5.41, 5.74) is 14.5. The van der Waals surface area contributed by atoms with Crippen molar-refractivity contribution in [2.24, 2.45) is 11.5 Å². The van der Waals surface area contributed by atoms with Crippen LogP contribution in [0.5, 0.6) is 0 Å². The molecule has 1 heterocycles. The number of nitrogens with two attached hydrogens (primary N) is 2. The van der Waals surface area contributed by atoms with Crippen LogP contribution in [0.3, 0.4) is 0 Å². The molecule has 1 aromatic carbocycles. The molecule has 0 aliphatic heterocycles. The van der Waals surface area contributed by atoms with E-state index in [1.54, 1.807) is 0 Å². The van der Waals surface area contributed by atoms with Gasteiger partial charge in [0.15, 0.2) is 0 Å². The topological polar surface area (TPSA) is 127 Å². The molecular formula is C16H16N4O3S. The number of hydrogen-bond donors (Lipinski definition) is 4. The lowest BCUT2D eigenvalue weighted by Crippen LogP contribution is -2.22. The quantitative estimate of drug-likeness (QED) is 0.680. The monoisotopic (exact) mass is 344 g/mol. The summed E-state index contributed by atoms with van der Waals surface area (Å²) < 4.78 is 0. The Morgan fingerprint density at radius 3 is 2.42 bits per heavy atom. The van der Waals surface area contributed by atoms with E-state index in [0.29, 0.717) is 23.4 Å². The third-order valence-corrected chi connectivity index (χ3v) is 5.03. The molecule has 1 aromatic heterocycles. The van der Waals surface area contributed by atoms with Crippen LogP contribution in [0.25, 0.3) is 10.4 Å². The lowest BCUT2D eigenvalue weighted by molar-refractivity contribution is -0.114. The van der Waals surface area contributed by atoms with E-state index in [2.05, 4.69) is 10.6 Å². The number of hydrogen-bond acceptors (Lipinski definition) is 4. The summed E-state index contributed by atoms with van der Waals surface area (Å²) in [4.78, 5) is 35.3. The predicted molar refractivity (Wildman–Crippen MR) is 93.2 cm³/mol. The first-order valence-electron chi connectivity index (χ1n) is 7.30. The summed E-state index contributed by atoms with van der Waals surface area (Å²) >= 11 is 1.26. The van der Waals surface area contributed by atoms with Crippen LogP contribution in [-0.2, 0) is 17.6 Å². The molecule has 0 fully saturated rings. The van der Waals surface area contributed by atoms with E-state index in [4.69, 9.17) is 11.5 Å². The van der Waals surface area contributed by atoms with E-state index < -0.39 is 11.9 Å². The Bertz CT molecular complexity index is 872. The van der Waals surface area contributed by atoms with Gasteiger partial charge in [-0.15, -0.1) is 11.3 Å². The maximum absolute atomic E-state index is 11.8. The van der Waals surface area contributed by atoms with Crippen LogP contribution in [0, 0.1) is 0 Å². The zero-order valence-corrected chi connectivity index (χ0v) is 13.8. The lowest BCUT2D eigenvalue weighted by atomic mass is 9.88. The Morgan fingerprint density at radius 2 is 1.79 bits per heavy atom. The van der Waals surface area contributed by atoms with Gasteiger partial charge >= 0.3 is 6.03 Å². The molecule has 0 saturated heterocycles. The van der Waals surface area contributed by atoms with Crippen LogP contribution in [0.4, 0.5) is 15.5 Å². The molecule has 7 nitrogen and oxygen atoms in total. The minimum Gasteiger partial charge on any atom is -0.365 e. The predicted octanol–water partition coefficient (Wildman–Crippen LogP) is 2.06. The standard InChI is InChI=1S/C16H16N4O3S/c1-7(21)19-11-4-2-3-9-8(11)5-6-10-12(14(17)22)15(20-16(18)23)24-13(9)10/h2-4H,5-6H2,1H3,(H2,17,22)(H,19,21)(H3,18,20,23). The number of nitrogens with one attached hydrogen (secondary N) is 2. The van der Waals surface area contributed by atoms with E-state index in [-0.39, 0.29) is 5.91 Å². The van der Waals surface area contributed by atoms with Crippen molar-refractivity contribution in [2.45, 2.75) is 19.8 Å². The van der Waals surface area contributed by atoms with Crippen molar-refractivity contribution in [3.05, 3.63) is 34.9 Å². The molecule has 4 amide bonds. The molecule has 2 aromatic rings. The molecule has 3 rings (SSSR count). The van der Waals surface area contributed by atoms with Crippen LogP contribution >= 0.6 is 11.3 Å². The molecular weight excluding hydrogens is 328 g/mol. The van der Waals surface area contributed by atoms with E-state index in [1.165, 1.54) is 18.3 Å². The van der Waals surface area contributed by atoms with Gasteiger partial charge < -0.3 is 16.8 Å². The van der Waals surface area contributed by atoms with Crippen molar-refractivity contribution in [3.8, 4) is 10.4 Å². The van der Waals surface area contributed by atoms with Gasteiger partial charge in [0.2, 0.25) is 5.91 Å². The summed E-state index contributed by atoms with van der Waals surface area (Å²) in [6.07, 6.45) is 1.25. The van der Waals surface area contributed by atoms with Crippen LogP contribution in [0.2, 0.25) is 0 Å². The van der Waals surface area contributed by atoms with Crippen LogP contribution in [-0.4, -0.2) is 17.8 Å². The molecule has 6 N–H and O–H groups in total. The number of carbonyl (C=O) groups is 3. The zero-order valence-electron chi connectivity index (χ0n) is 12.9.